The van der Waals surface area contributed by atoms with Crippen LogP contribution in [0.5, 0.6) is 0 Å². The second kappa shape index (κ2) is 8.83. The van der Waals surface area contributed by atoms with Gasteiger partial charge >= 0.3 is 0 Å². The molecule has 0 radical (unpaired) electrons. The maximum atomic E-state index is 5.03. The Bertz CT molecular complexity index is 315. The van der Waals surface area contributed by atoms with Crippen LogP contribution in [0.3, 0.4) is 0 Å². The second-order valence-corrected chi connectivity index (χ2v) is 4.34. The molecule has 1 heterocycles. The first-order valence-electron chi connectivity index (χ1n) is 6.49. The highest BCUT2D eigenvalue weighted by Crippen LogP contribution is 2.05. The van der Waals surface area contributed by atoms with Gasteiger partial charge in [-0.15, -0.1) is 0 Å². The Hall–Kier alpha value is -1.20. The molecular formula is C13H24N4O. The molecule has 5 nitrogen and oxygen atoms in total. The summed E-state index contributed by atoms with van der Waals surface area (Å²) in [6.07, 6.45) is 5.90. The van der Waals surface area contributed by atoms with Crippen molar-refractivity contribution in [1.82, 2.24) is 15.3 Å². The number of hydrogen-bond acceptors (Lipinski definition) is 5. The summed E-state index contributed by atoms with van der Waals surface area (Å²) in [5.74, 6) is 0.769. The van der Waals surface area contributed by atoms with Gasteiger partial charge in [0.15, 0.2) is 0 Å². The van der Waals surface area contributed by atoms with Gasteiger partial charge in [0.2, 0.25) is 5.95 Å². The van der Waals surface area contributed by atoms with Gasteiger partial charge in [0.1, 0.15) is 0 Å². The summed E-state index contributed by atoms with van der Waals surface area (Å²) < 4.78 is 5.03. The van der Waals surface area contributed by atoms with Crippen molar-refractivity contribution in [3.8, 4) is 0 Å². The van der Waals surface area contributed by atoms with Crippen LogP contribution >= 0.6 is 0 Å². The summed E-state index contributed by atoms with van der Waals surface area (Å²) in [5, 5.41) is 3.33. The van der Waals surface area contributed by atoms with Crippen molar-refractivity contribution in [1.29, 1.82) is 0 Å². The third-order valence-electron chi connectivity index (χ3n) is 2.63. The van der Waals surface area contributed by atoms with E-state index >= 15 is 0 Å². The highest BCUT2D eigenvalue weighted by molar-refractivity contribution is 5.28. The fourth-order valence-electron chi connectivity index (χ4n) is 1.59. The van der Waals surface area contributed by atoms with Gasteiger partial charge in [-0.25, -0.2) is 9.97 Å². The Morgan fingerprint density at radius 3 is 2.67 bits per heavy atom. The number of hydrogen-bond donors (Lipinski definition) is 1. The van der Waals surface area contributed by atoms with E-state index in [1.54, 1.807) is 7.11 Å². The number of nitrogens with zero attached hydrogens (tertiary/aromatic N) is 3. The normalized spacial score (nSPS) is 10.6. The minimum atomic E-state index is 0.767. The number of methoxy groups -OCH3 is 1. The lowest BCUT2D eigenvalue weighted by molar-refractivity contribution is 0.196. The number of ether oxygens (including phenoxy) is 1. The zero-order chi connectivity index (χ0) is 13.2. The monoisotopic (exact) mass is 252 g/mol. The van der Waals surface area contributed by atoms with Gasteiger partial charge in [-0.3, -0.25) is 0 Å². The number of aromatic nitrogens is 2. The molecule has 0 saturated heterocycles. The molecule has 1 N–H and O–H groups in total. The molecule has 5 heteroatoms. The summed E-state index contributed by atoms with van der Waals surface area (Å²) in [6, 6.07) is 0. The van der Waals surface area contributed by atoms with Crippen molar-refractivity contribution < 1.29 is 4.74 Å². The van der Waals surface area contributed by atoms with E-state index in [0.29, 0.717) is 0 Å². The number of anilines is 1. The van der Waals surface area contributed by atoms with Crippen molar-refractivity contribution in [3.63, 3.8) is 0 Å². The molecule has 102 valence electrons. The van der Waals surface area contributed by atoms with E-state index in [9.17, 15) is 0 Å². The Balaban J connectivity index is 2.38. The lowest BCUT2D eigenvalue weighted by atomic mass is 10.3. The molecule has 0 unspecified atom stereocenters. The minimum absolute atomic E-state index is 0.767. The van der Waals surface area contributed by atoms with Crippen LogP contribution in [0.4, 0.5) is 5.95 Å². The van der Waals surface area contributed by atoms with E-state index in [1.807, 2.05) is 24.3 Å². The van der Waals surface area contributed by atoms with Crippen LogP contribution in [0.25, 0.3) is 0 Å². The Morgan fingerprint density at radius 2 is 2.06 bits per heavy atom. The third-order valence-corrected chi connectivity index (χ3v) is 2.63. The third kappa shape index (κ3) is 5.42. The van der Waals surface area contributed by atoms with E-state index < -0.39 is 0 Å². The van der Waals surface area contributed by atoms with E-state index in [2.05, 4.69) is 22.2 Å². The molecule has 1 aromatic heterocycles. The topological polar surface area (TPSA) is 50.3 Å². The molecule has 0 bridgehead atoms. The van der Waals surface area contributed by atoms with Gasteiger partial charge in [-0.05, 0) is 19.4 Å². The molecule has 0 saturated carbocycles. The molecule has 1 rings (SSSR count). The molecule has 0 aliphatic heterocycles. The molecule has 0 amide bonds. The molecule has 0 atom stereocenters. The predicted molar refractivity (Wildman–Crippen MR) is 73.8 cm³/mol. The SMILES string of the molecule is CCCNCc1cnc(N(C)CCCOC)nc1. The summed E-state index contributed by atoms with van der Waals surface area (Å²) >= 11 is 0. The second-order valence-electron chi connectivity index (χ2n) is 4.34. The first-order chi connectivity index (χ1) is 8.77. The highest BCUT2D eigenvalue weighted by Gasteiger charge is 2.03. The zero-order valence-electron chi connectivity index (χ0n) is 11.6. The Labute approximate surface area is 110 Å². The van der Waals surface area contributed by atoms with Gasteiger partial charge in [-0.2, -0.15) is 0 Å². The standard InChI is InChI=1S/C13H24N4O/c1-4-6-14-9-12-10-15-13(16-11-12)17(2)7-5-8-18-3/h10-11,14H,4-9H2,1-3H3. The van der Waals surface area contributed by atoms with Crippen LogP contribution < -0.4 is 10.2 Å². The maximum absolute atomic E-state index is 5.03. The van der Waals surface area contributed by atoms with Crippen molar-refractivity contribution >= 4 is 5.95 Å². The summed E-state index contributed by atoms with van der Waals surface area (Å²) in [6.45, 7) is 5.69. The van der Waals surface area contributed by atoms with Crippen LogP contribution in [0.15, 0.2) is 12.4 Å². The highest BCUT2D eigenvalue weighted by atomic mass is 16.5. The molecular weight excluding hydrogens is 228 g/mol. The fourth-order valence-corrected chi connectivity index (χ4v) is 1.59. The number of rotatable bonds is 9. The first-order valence-corrected chi connectivity index (χ1v) is 6.49. The molecule has 18 heavy (non-hydrogen) atoms. The van der Waals surface area contributed by atoms with Crippen molar-refractivity contribution in [2.24, 2.45) is 0 Å². The molecule has 0 aliphatic rings. The molecule has 0 aliphatic carbocycles. The molecule has 0 spiro atoms. The largest absolute Gasteiger partial charge is 0.385 e. The average molecular weight is 252 g/mol. The lowest BCUT2D eigenvalue weighted by Crippen LogP contribution is -2.22. The first kappa shape index (κ1) is 14.9. The van der Waals surface area contributed by atoms with Crippen LogP contribution in [-0.4, -0.2) is 43.8 Å². The Kier molecular flexibility index (Phi) is 7.29. The Morgan fingerprint density at radius 1 is 1.33 bits per heavy atom. The van der Waals surface area contributed by atoms with E-state index in [1.165, 1.54) is 0 Å². The van der Waals surface area contributed by atoms with Gasteiger partial charge in [-0.1, -0.05) is 6.92 Å². The maximum Gasteiger partial charge on any atom is 0.224 e. The predicted octanol–water partition coefficient (Wildman–Crippen LogP) is 1.45. The minimum Gasteiger partial charge on any atom is -0.385 e. The summed E-state index contributed by atoms with van der Waals surface area (Å²) in [5.41, 5.74) is 1.12. The lowest BCUT2D eigenvalue weighted by Gasteiger charge is -2.16. The van der Waals surface area contributed by atoms with Crippen molar-refractivity contribution in [2.75, 3.05) is 38.8 Å². The van der Waals surface area contributed by atoms with Gasteiger partial charge in [0.25, 0.3) is 0 Å². The van der Waals surface area contributed by atoms with E-state index in [-0.39, 0.29) is 0 Å². The fraction of sp³-hybridized carbons (Fsp3) is 0.692. The summed E-state index contributed by atoms with van der Waals surface area (Å²) in [4.78, 5) is 10.8. The van der Waals surface area contributed by atoms with Crippen LogP contribution in [0.1, 0.15) is 25.3 Å². The molecule has 0 aromatic carbocycles. The van der Waals surface area contributed by atoms with E-state index in [4.69, 9.17) is 4.74 Å². The smallest absolute Gasteiger partial charge is 0.224 e. The van der Waals surface area contributed by atoms with Crippen LogP contribution in [0.2, 0.25) is 0 Å². The van der Waals surface area contributed by atoms with Gasteiger partial charge < -0.3 is 15.0 Å². The van der Waals surface area contributed by atoms with Crippen LogP contribution in [0, 0.1) is 0 Å². The molecule has 1 aromatic rings. The summed E-state index contributed by atoms with van der Waals surface area (Å²) in [7, 11) is 3.72. The zero-order valence-corrected chi connectivity index (χ0v) is 11.6. The van der Waals surface area contributed by atoms with Crippen LogP contribution in [-0.2, 0) is 11.3 Å². The van der Waals surface area contributed by atoms with Crippen molar-refractivity contribution in [3.05, 3.63) is 18.0 Å². The quantitative estimate of drug-likeness (QED) is 0.674. The van der Waals surface area contributed by atoms with Gasteiger partial charge in [0, 0.05) is 51.8 Å². The van der Waals surface area contributed by atoms with Gasteiger partial charge in [0.05, 0.1) is 0 Å². The number of nitrogens with one attached hydrogen (secondary N) is 1. The average Bonchev–Trinajstić information content (AvgIpc) is 2.40. The molecule has 0 fully saturated rings. The van der Waals surface area contributed by atoms with E-state index in [0.717, 1.165) is 50.6 Å². The van der Waals surface area contributed by atoms with Crippen molar-refractivity contribution in [2.45, 2.75) is 26.3 Å².